The summed E-state index contributed by atoms with van der Waals surface area (Å²) in [5.41, 5.74) is 6.39. The number of carboxylic acid groups (broad SMARTS) is 1. The normalized spacial score (nSPS) is 18.3. The molecule has 1 unspecified atom stereocenters. The van der Waals surface area contributed by atoms with E-state index in [4.69, 9.17) is 4.99 Å². The molecule has 4 aromatic carbocycles. The van der Waals surface area contributed by atoms with Gasteiger partial charge in [-0.1, -0.05) is 78.3 Å². The van der Waals surface area contributed by atoms with Gasteiger partial charge in [0.15, 0.2) is 5.71 Å². The van der Waals surface area contributed by atoms with Crippen molar-refractivity contribution in [3.05, 3.63) is 155 Å². The second-order valence-electron chi connectivity index (χ2n) is 26.2. The van der Waals surface area contributed by atoms with E-state index in [9.17, 15) is 71.4 Å². The Bertz CT molecular complexity index is 4370. The quantitative estimate of drug-likeness (QED) is 0.0115. The van der Waals surface area contributed by atoms with Crippen molar-refractivity contribution in [2.24, 2.45) is 4.99 Å². The molecule has 4 aliphatic heterocycles. The van der Waals surface area contributed by atoms with Gasteiger partial charge in [0.25, 0.3) is 40.5 Å². The van der Waals surface area contributed by atoms with E-state index in [0.29, 0.717) is 100 Å². The number of rotatable bonds is 29. The maximum Gasteiger partial charge on any atom is 0.326 e. The van der Waals surface area contributed by atoms with Gasteiger partial charge in [-0.25, -0.2) is 4.79 Å². The molecule has 26 heteroatoms. The molecule has 7 N–H and O–H groups in total. The molecule has 506 valence electrons. The largest absolute Gasteiger partial charge is 0.480 e. The third-order valence-corrected chi connectivity index (χ3v) is 21.7. The minimum absolute atomic E-state index is 0.0601. The minimum atomic E-state index is -4.54. The average Bonchev–Trinajstić information content (AvgIpc) is 1.61. The Morgan fingerprint density at radius 2 is 1.10 bits per heavy atom. The minimum Gasteiger partial charge on any atom is -0.480 e. The van der Waals surface area contributed by atoms with Crippen molar-refractivity contribution < 1.29 is 75.9 Å². The van der Waals surface area contributed by atoms with Crippen LogP contribution in [0, 0.1) is 0 Å². The first-order valence-electron chi connectivity index (χ1n) is 31.3. The smallest absolute Gasteiger partial charge is 0.326 e. The van der Waals surface area contributed by atoms with Crippen molar-refractivity contribution in [3.8, 4) is 0 Å². The van der Waals surface area contributed by atoms with Gasteiger partial charge in [0.1, 0.15) is 12.6 Å². The van der Waals surface area contributed by atoms with Crippen LogP contribution in [-0.2, 0) is 76.5 Å². The summed E-state index contributed by atoms with van der Waals surface area (Å²) in [5, 5.41) is 15.5. The Morgan fingerprint density at radius 1 is 0.543 bits per heavy atom. The summed E-state index contributed by atoms with van der Waals surface area (Å²) in [7, 11) is -17.9. The number of amides is 2. The lowest BCUT2D eigenvalue weighted by molar-refractivity contribution is -0.438. The van der Waals surface area contributed by atoms with E-state index in [1.165, 1.54) is 48.5 Å². The Kier molecular flexibility index (Phi) is 21.6. The van der Waals surface area contributed by atoms with Crippen molar-refractivity contribution in [2.75, 3.05) is 36.0 Å². The lowest BCUT2D eigenvalue weighted by Gasteiger charge is -2.27. The van der Waals surface area contributed by atoms with Gasteiger partial charge in [0.05, 0.1) is 36.4 Å². The molecule has 4 aliphatic rings. The van der Waals surface area contributed by atoms with Crippen molar-refractivity contribution in [2.45, 2.75) is 180 Å². The standard InChI is InChI=1S/C68H84N6O16S4/c1-10-72-55-36-32-46(92(82,83)84)42-51(55)67(6,7)59(72)25-14-11-15-26-60-68(8,9)52-43-47(93(85,86)87)33-37-56(52)73(60)39-20-12-16-28-62(75)69-38-19-18-23-54(64(77)78)71-63(76)29-17-13-21-40-74-57-44-48(94(88,89)90)30-34-49(57)66(4,5)61(74)27-22-24-58-65(2,3)50-41-45(91(79,80)81)31-35-53(50)70-58/h11,14-15,22,24-27,30-37,41-44,54H,10,12-13,16-21,23,28-29,38-40H2,1-9H3,(H6-,69,71,75,76,77,78,79,80,81,82,83,84,85,86,87,88,89,90)/p+1/b24-22+,61-27+. The van der Waals surface area contributed by atoms with E-state index in [1.807, 2.05) is 116 Å². The van der Waals surface area contributed by atoms with E-state index in [2.05, 4.69) is 20.1 Å². The number of hydrogen-bond donors (Lipinski definition) is 7. The topological polar surface area (TPSA) is 335 Å². The second-order valence-corrected chi connectivity index (χ2v) is 31.9. The highest BCUT2D eigenvalue weighted by atomic mass is 32.2. The third-order valence-electron chi connectivity index (χ3n) is 18.3. The van der Waals surface area contributed by atoms with Gasteiger partial charge in [-0.2, -0.15) is 38.2 Å². The van der Waals surface area contributed by atoms with Crippen LogP contribution in [0.3, 0.4) is 0 Å². The molecule has 0 saturated carbocycles. The Labute approximate surface area is 552 Å². The van der Waals surface area contributed by atoms with Crippen LogP contribution >= 0.6 is 0 Å². The first-order chi connectivity index (χ1) is 43.8. The van der Waals surface area contributed by atoms with Gasteiger partial charge in [-0.15, -0.1) is 0 Å². The van der Waals surface area contributed by atoms with Crippen molar-refractivity contribution >= 4 is 92.4 Å². The summed E-state index contributed by atoms with van der Waals surface area (Å²) in [6.45, 7) is 19.6. The molecule has 0 radical (unpaired) electrons. The summed E-state index contributed by atoms with van der Waals surface area (Å²) in [4.78, 5) is 46.2. The zero-order chi connectivity index (χ0) is 69.1. The summed E-state index contributed by atoms with van der Waals surface area (Å²) < 4.78 is 138. The molecule has 8 rings (SSSR count). The number of fused-ring (bicyclic) bond motifs is 4. The summed E-state index contributed by atoms with van der Waals surface area (Å²) >= 11 is 0. The number of nitrogens with zero attached hydrogens (tertiary/aromatic N) is 4. The molecule has 22 nitrogen and oxygen atoms in total. The van der Waals surface area contributed by atoms with Gasteiger partial charge in [0.2, 0.25) is 17.5 Å². The average molecular weight is 1370 g/mol. The zero-order valence-corrected chi connectivity index (χ0v) is 57.6. The van der Waals surface area contributed by atoms with Gasteiger partial charge < -0.3 is 25.5 Å². The van der Waals surface area contributed by atoms with Crippen LogP contribution in [0.2, 0.25) is 0 Å². The number of allylic oxidation sites excluding steroid dienone is 10. The Balaban J connectivity index is 0.793. The number of aliphatic imine (C=N–C) groups is 1. The molecule has 4 aromatic rings. The highest BCUT2D eigenvalue weighted by Gasteiger charge is 2.46. The molecule has 1 atom stereocenters. The van der Waals surface area contributed by atoms with E-state index < -0.39 is 80.1 Å². The highest BCUT2D eigenvalue weighted by molar-refractivity contribution is 7.86. The second kappa shape index (κ2) is 28.1. The van der Waals surface area contributed by atoms with Crippen LogP contribution in [0.25, 0.3) is 0 Å². The van der Waals surface area contributed by atoms with Gasteiger partial charge >= 0.3 is 5.97 Å². The summed E-state index contributed by atoms with van der Waals surface area (Å²) in [6, 6.07) is 16.7. The monoisotopic (exact) mass is 1370 g/mol. The number of carbonyl (C=O) groups is 3. The SMILES string of the molecule is CCN1/C(=C/C=C/C=C/C2=[N+](CCCCCC(=O)NCCCCC(NC(=O)CCCCCN3/C(=C/C=C/C4=Nc5ccc(S(=O)(=O)O)cc5C4(C)C)C(C)(C)c4ccc(S(=O)(=O)O)cc43)C(=O)O)c3ccc(S(=O)(=O)O)cc3C2(C)C)C(C)(C)c2cc(S(=O)(=O)O)ccc21. The fourth-order valence-corrected chi connectivity index (χ4v) is 15.1. The molecule has 0 spiro atoms. The fraction of sp³-hybridized carbons (Fsp3) is 0.426. The van der Waals surface area contributed by atoms with Crippen molar-refractivity contribution in [3.63, 3.8) is 0 Å². The first kappa shape index (κ1) is 72.4. The molecule has 2 amide bonds. The van der Waals surface area contributed by atoms with Crippen LogP contribution in [0.5, 0.6) is 0 Å². The number of benzene rings is 4. The fourth-order valence-electron chi connectivity index (χ4n) is 13.1. The molecule has 0 bridgehead atoms. The highest BCUT2D eigenvalue weighted by Crippen LogP contribution is 2.51. The van der Waals surface area contributed by atoms with Crippen LogP contribution < -0.4 is 20.4 Å². The number of likely N-dealkylation sites (N-methyl/N-ethyl adjacent to an activating group) is 1. The Morgan fingerprint density at radius 3 is 1.73 bits per heavy atom. The van der Waals surface area contributed by atoms with Crippen molar-refractivity contribution in [1.82, 2.24) is 10.6 Å². The van der Waals surface area contributed by atoms with Gasteiger partial charge in [-0.05, 0) is 161 Å². The predicted molar refractivity (Wildman–Crippen MR) is 361 cm³/mol. The van der Waals surface area contributed by atoms with E-state index in [1.54, 1.807) is 24.3 Å². The summed E-state index contributed by atoms with van der Waals surface area (Å²) in [6.07, 6.45) is 20.0. The van der Waals surface area contributed by atoms with Crippen LogP contribution in [0.1, 0.15) is 155 Å². The van der Waals surface area contributed by atoms with E-state index in [0.717, 1.165) is 45.2 Å². The number of anilines is 2. The number of hydrogen-bond acceptors (Lipinski definition) is 14. The molecule has 0 aliphatic carbocycles. The number of nitrogens with one attached hydrogen (secondary N) is 2. The number of unbranched alkanes of at least 4 members (excludes halogenated alkanes) is 5. The van der Waals surface area contributed by atoms with E-state index >= 15 is 0 Å². The molecule has 0 aromatic heterocycles. The molecule has 94 heavy (non-hydrogen) atoms. The molecular formula is C68H85N6O16S4+. The van der Waals surface area contributed by atoms with Crippen LogP contribution in [0.4, 0.5) is 22.7 Å². The predicted octanol–water partition coefficient (Wildman–Crippen LogP) is 11.1. The molecular weight excluding hydrogens is 1290 g/mol. The maximum atomic E-state index is 13.1. The van der Waals surface area contributed by atoms with Gasteiger partial charge in [0, 0.05) is 95.6 Å². The lowest BCUT2D eigenvalue weighted by atomic mass is 9.81. The van der Waals surface area contributed by atoms with Crippen molar-refractivity contribution in [1.29, 1.82) is 0 Å². The van der Waals surface area contributed by atoms with Crippen LogP contribution in [-0.4, -0.2) is 123 Å². The van der Waals surface area contributed by atoms with Gasteiger partial charge in [-0.3, -0.25) is 32.8 Å². The van der Waals surface area contributed by atoms with E-state index in [-0.39, 0.29) is 44.8 Å². The number of carboxylic acids is 1. The summed E-state index contributed by atoms with van der Waals surface area (Å²) in [5.74, 6) is -1.76. The first-order valence-corrected chi connectivity index (χ1v) is 37.1. The Hall–Kier alpha value is -7.43. The number of carbonyl (C=O) groups excluding carboxylic acids is 2. The molecule has 4 heterocycles. The van der Waals surface area contributed by atoms with Crippen LogP contribution in [0.15, 0.2) is 157 Å². The lowest BCUT2D eigenvalue weighted by Crippen LogP contribution is -2.40. The molecule has 0 fully saturated rings. The number of aliphatic carboxylic acids is 1. The zero-order valence-electron chi connectivity index (χ0n) is 54.4. The molecule has 0 saturated heterocycles. The maximum absolute atomic E-state index is 13.1. The third kappa shape index (κ3) is 15.9.